The fraction of sp³-hybridized carbons (Fsp3) is 0.583. The third kappa shape index (κ3) is 4.06. The summed E-state index contributed by atoms with van der Waals surface area (Å²) in [5, 5.41) is 0. The number of pyridine rings is 1. The number of nitrogens with zero attached hydrogens (tertiary/aromatic N) is 1. The van der Waals surface area contributed by atoms with Crippen LogP contribution in [0.25, 0.3) is 0 Å². The van der Waals surface area contributed by atoms with E-state index in [2.05, 4.69) is 18.8 Å². The van der Waals surface area contributed by atoms with E-state index < -0.39 is 0 Å². The van der Waals surface area contributed by atoms with E-state index in [-0.39, 0.29) is 0 Å². The van der Waals surface area contributed by atoms with E-state index >= 15 is 0 Å². The second-order valence-corrected chi connectivity index (χ2v) is 4.16. The molecule has 1 aromatic rings. The number of nitrogens with two attached hydrogens (primary N) is 1. The minimum atomic E-state index is 0.480. The van der Waals surface area contributed by atoms with Gasteiger partial charge in [0, 0.05) is 12.8 Å². The third-order valence-corrected chi connectivity index (χ3v) is 2.09. The number of aromatic nitrogens is 1. The smallest absolute Gasteiger partial charge is 0.237 e. The number of rotatable bonds is 6. The maximum absolute atomic E-state index is 5.82. The first-order valence-corrected chi connectivity index (χ1v) is 5.53. The summed E-state index contributed by atoms with van der Waals surface area (Å²) in [7, 11) is 0. The van der Waals surface area contributed by atoms with Crippen molar-refractivity contribution in [3.05, 3.63) is 17.8 Å². The zero-order chi connectivity index (χ0) is 12.0. The van der Waals surface area contributed by atoms with E-state index in [0.717, 1.165) is 12.2 Å². The van der Waals surface area contributed by atoms with Crippen molar-refractivity contribution in [2.45, 2.75) is 20.8 Å². The molecule has 0 unspecified atom stereocenters. The second-order valence-electron chi connectivity index (χ2n) is 4.16. The quantitative estimate of drug-likeness (QED) is 0.751. The minimum absolute atomic E-state index is 0.480. The van der Waals surface area contributed by atoms with Crippen LogP contribution in [0, 0.1) is 12.8 Å². The van der Waals surface area contributed by atoms with Crippen LogP contribution in [0.5, 0.6) is 5.88 Å². The lowest BCUT2D eigenvalue weighted by atomic mass is 10.2. The zero-order valence-electron chi connectivity index (χ0n) is 10.2. The number of hydrogen-bond donors (Lipinski definition) is 1. The monoisotopic (exact) mass is 224 g/mol. The molecule has 1 heterocycles. The normalized spacial score (nSPS) is 10.8. The second kappa shape index (κ2) is 6.33. The average molecular weight is 224 g/mol. The molecule has 0 aromatic carbocycles. The number of aryl methyl sites for hydroxylation is 1. The molecule has 1 rings (SSSR count). The molecule has 0 atom stereocenters. The molecule has 0 aliphatic heterocycles. The number of ether oxygens (including phenoxy) is 2. The van der Waals surface area contributed by atoms with Gasteiger partial charge in [0.25, 0.3) is 0 Å². The molecule has 0 fully saturated rings. The fourth-order valence-electron chi connectivity index (χ4n) is 1.18. The lowest BCUT2D eigenvalue weighted by Crippen LogP contribution is -2.11. The first-order chi connectivity index (χ1) is 7.61. The van der Waals surface area contributed by atoms with Gasteiger partial charge < -0.3 is 15.2 Å². The zero-order valence-corrected chi connectivity index (χ0v) is 10.2. The molecule has 0 aliphatic carbocycles. The summed E-state index contributed by atoms with van der Waals surface area (Å²) < 4.78 is 10.8. The van der Waals surface area contributed by atoms with Crippen LogP contribution in [-0.2, 0) is 4.74 Å². The van der Waals surface area contributed by atoms with Gasteiger partial charge in [-0.25, -0.2) is 4.98 Å². The maximum Gasteiger partial charge on any atom is 0.237 e. The molecule has 0 radical (unpaired) electrons. The van der Waals surface area contributed by atoms with Gasteiger partial charge in [-0.1, -0.05) is 13.8 Å². The van der Waals surface area contributed by atoms with Crippen molar-refractivity contribution in [1.29, 1.82) is 0 Å². The van der Waals surface area contributed by atoms with Crippen molar-refractivity contribution >= 4 is 5.69 Å². The lowest BCUT2D eigenvalue weighted by molar-refractivity contribution is 0.0808. The highest BCUT2D eigenvalue weighted by Gasteiger charge is 2.03. The molecule has 2 N–H and O–H groups in total. The Balaban J connectivity index is 2.29. The summed E-state index contributed by atoms with van der Waals surface area (Å²) in [6, 6.07) is 1.86. The van der Waals surface area contributed by atoms with Crippen molar-refractivity contribution < 1.29 is 9.47 Å². The molecule has 1 aromatic heterocycles. The van der Waals surface area contributed by atoms with Crippen LogP contribution >= 0.6 is 0 Å². The molecule has 4 nitrogen and oxygen atoms in total. The van der Waals surface area contributed by atoms with Crippen molar-refractivity contribution in [2.24, 2.45) is 5.92 Å². The Morgan fingerprint density at radius 3 is 2.81 bits per heavy atom. The minimum Gasteiger partial charge on any atom is -0.474 e. The Labute approximate surface area is 96.8 Å². The van der Waals surface area contributed by atoms with Gasteiger partial charge in [-0.2, -0.15) is 0 Å². The molecule has 0 aliphatic rings. The van der Waals surface area contributed by atoms with Gasteiger partial charge in [-0.3, -0.25) is 0 Å². The van der Waals surface area contributed by atoms with Crippen LogP contribution in [0.15, 0.2) is 12.3 Å². The van der Waals surface area contributed by atoms with Gasteiger partial charge in [0.1, 0.15) is 6.61 Å². The van der Waals surface area contributed by atoms with Crippen LogP contribution in [0.4, 0.5) is 5.69 Å². The maximum atomic E-state index is 5.82. The highest BCUT2D eigenvalue weighted by atomic mass is 16.5. The molecular weight excluding hydrogens is 204 g/mol. The molecule has 0 bridgehead atoms. The van der Waals surface area contributed by atoms with Crippen molar-refractivity contribution in [3.63, 3.8) is 0 Å². The molecule has 16 heavy (non-hydrogen) atoms. The number of hydrogen-bond acceptors (Lipinski definition) is 4. The van der Waals surface area contributed by atoms with Gasteiger partial charge in [0.05, 0.1) is 12.3 Å². The van der Waals surface area contributed by atoms with Crippen LogP contribution in [-0.4, -0.2) is 24.8 Å². The summed E-state index contributed by atoms with van der Waals surface area (Å²) in [5.74, 6) is 1.04. The average Bonchev–Trinajstić information content (AvgIpc) is 2.23. The van der Waals surface area contributed by atoms with Gasteiger partial charge in [-0.15, -0.1) is 0 Å². The first kappa shape index (κ1) is 12.8. The molecule has 0 amide bonds. The van der Waals surface area contributed by atoms with E-state index in [1.807, 2.05) is 13.0 Å². The summed E-state index contributed by atoms with van der Waals surface area (Å²) in [6.45, 7) is 7.95. The summed E-state index contributed by atoms with van der Waals surface area (Å²) in [6.07, 6.45) is 1.69. The van der Waals surface area contributed by atoms with E-state index in [1.165, 1.54) is 0 Å². The summed E-state index contributed by atoms with van der Waals surface area (Å²) in [4.78, 5) is 4.07. The summed E-state index contributed by atoms with van der Waals surface area (Å²) >= 11 is 0. The van der Waals surface area contributed by atoms with Crippen molar-refractivity contribution in [1.82, 2.24) is 4.98 Å². The Kier molecular flexibility index (Phi) is 5.05. The fourth-order valence-corrected chi connectivity index (χ4v) is 1.18. The molecule has 0 saturated heterocycles. The Bertz CT molecular complexity index is 327. The summed E-state index contributed by atoms with van der Waals surface area (Å²) in [5.41, 5.74) is 7.40. The highest BCUT2D eigenvalue weighted by molar-refractivity contribution is 5.53. The molecule has 90 valence electrons. The molecular formula is C12H20N2O2. The van der Waals surface area contributed by atoms with Crippen molar-refractivity contribution in [2.75, 3.05) is 25.6 Å². The Morgan fingerprint density at radius 2 is 2.12 bits per heavy atom. The Morgan fingerprint density at radius 1 is 1.38 bits per heavy atom. The van der Waals surface area contributed by atoms with Crippen LogP contribution in [0.1, 0.15) is 19.4 Å². The van der Waals surface area contributed by atoms with Crippen molar-refractivity contribution in [3.8, 4) is 5.88 Å². The topological polar surface area (TPSA) is 57.4 Å². The van der Waals surface area contributed by atoms with Crippen LogP contribution < -0.4 is 10.5 Å². The SMILES string of the molecule is Cc1ccnc(OCCOCC(C)C)c1N. The largest absolute Gasteiger partial charge is 0.474 e. The molecule has 0 spiro atoms. The first-order valence-electron chi connectivity index (χ1n) is 5.53. The predicted octanol–water partition coefficient (Wildman–Crippen LogP) is 2.02. The molecule has 0 saturated carbocycles. The van der Waals surface area contributed by atoms with Gasteiger partial charge in [0.2, 0.25) is 5.88 Å². The van der Waals surface area contributed by atoms with E-state index in [1.54, 1.807) is 6.20 Å². The lowest BCUT2D eigenvalue weighted by Gasteiger charge is -2.10. The number of nitrogen functional groups attached to an aromatic ring is 1. The van der Waals surface area contributed by atoms with E-state index in [4.69, 9.17) is 15.2 Å². The third-order valence-electron chi connectivity index (χ3n) is 2.09. The number of anilines is 1. The van der Waals surface area contributed by atoms with Gasteiger partial charge >= 0.3 is 0 Å². The highest BCUT2D eigenvalue weighted by Crippen LogP contribution is 2.20. The van der Waals surface area contributed by atoms with Gasteiger partial charge in [-0.05, 0) is 24.5 Å². The van der Waals surface area contributed by atoms with Crippen LogP contribution in [0.3, 0.4) is 0 Å². The van der Waals surface area contributed by atoms with Gasteiger partial charge in [0.15, 0.2) is 0 Å². The van der Waals surface area contributed by atoms with E-state index in [0.29, 0.717) is 30.7 Å². The molecule has 4 heteroatoms. The standard InChI is InChI=1S/C12H20N2O2/c1-9(2)8-15-6-7-16-12-11(13)10(3)4-5-14-12/h4-5,9H,6-8,13H2,1-3H3. The van der Waals surface area contributed by atoms with E-state index in [9.17, 15) is 0 Å². The Hall–Kier alpha value is -1.29. The predicted molar refractivity (Wildman–Crippen MR) is 64.5 cm³/mol. The van der Waals surface area contributed by atoms with Crippen LogP contribution in [0.2, 0.25) is 0 Å².